The van der Waals surface area contributed by atoms with Gasteiger partial charge in [-0.15, -0.1) is 0 Å². The van der Waals surface area contributed by atoms with Gasteiger partial charge in [0.2, 0.25) is 0 Å². The quantitative estimate of drug-likeness (QED) is 0.0644. The van der Waals surface area contributed by atoms with Gasteiger partial charge in [-0.05, 0) is 0 Å². The molecule has 0 heterocycles. The second-order valence-electron chi connectivity index (χ2n) is 11.0. The van der Waals surface area contributed by atoms with Gasteiger partial charge in [0.05, 0.1) is 0 Å². The van der Waals surface area contributed by atoms with Crippen molar-refractivity contribution < 1.29 is 54.5 Å². The molecule has 2 unspecified atom stereocenters. The predicted molar refractivity (Wildman–Crippen MR) is 160 cm³/mol. The number of unbranched alkanes of at least 4 members (excludes halogenated alkanes) is 20. The van der Waals surface area contributed by atoms with Gasteiger partial charge in [0.25, 0.3) is 0 Å². The molecule has 0 aromatic heterocycles. The molecule has 0 amide bonds. The van der Waals surface area contributed by atoms with E-state index in [0.717, 1.165) is 38.5 Å². The SMILES string of the molecule is CCCCCCCCCCCCCC(=O)[PH-](C(=O)CCCCCCCCCCCCC)C(O)C(O)CO.[Na+]. The molecule has 0 aromatic rings. The third-order valence-corrected chi connectivity index (χ3v) is 10.1. The summed E-state index contributed by atoms with van der Waals surface area (Å²) in [5.41, 5.74) is -0.372. The van der Waals surface area contributed by atoms with Crippen LogP contribution in [0.3, 0.4) is 0 Å². The van der Waals surface area contributed by atoms with E-state index in [1.165, 1.54) is 103 Å². The van der Waals surface area contributed by atoms with Gasteiger partial charge in [0, 0.05) is 0 Å². The van der Waals surface area contributed by atoms with Crippen molar-refractivity contribution in [2.24, 2.45) is 0 Å². The van der Waals surface area contributed by atoms with E-state index in [1.54, 1.807) is 0 Å². The van der Waals surface area contributed by atoms with Crippen LogP contribution in [0.25, 0.3) is 0 Å². The Labute approximate surface area is 258 Å². The maximum atomic E-state index is 12.9. The van der Waals surface area contributed by atoms with Gasteiger partial charge >= 0.3 is 233 Å². The summed E-state index contributed by atoms with van der Waals surface area (Å²) in [6.07, 6.45) is 25.4. The smallest absolute Gasteiger partial charge is 1.00 e. The normalized spacial score (nSPS) is 13.1. The van der Waals surface area contributed by atoms with Gasteiger partial charge in [-0.3, -0.25) is 0 Å². The van der Waals surface area contributed by atoms with E-state index < -0.39 is 26.5 Å². The standard InChI is InChI=1S/C31H62O5P.Na/c1-3-5-7-9-11-13-15-17-19-21-23-25-29(34)37(31(36)28(33)27-32)30(35)26-24-22-20-18-16-14-12-10-8-6-4-2;/h28,31-33,36-37H,3-27H2,1-2H3;/q-1;+1. The zero-order valence-electron chi connectivity index (χ0n) is 25.5. The molecule has 0 bridgehead atoms. The van der Waals surface area contributed by atoms with Crippen molar-refractivity contribution in [3.8, 4) is 0 Å². The van der Waals surface area contributed by atoms with E-state index in [4.69, 9.17) is 0 Å². The van der Waals surface area contributed by atoms with Crippen LogP contribution in [0.1, 0.15) is 168 Å². The zero-order valence-corrected chi connectivity index (χ0v) is 28.5. The molecule has 0 aromatic carbocycles. The first-order chi connectivity index (χ1) is 18.0. The molecule has 5 nitrogen and oxygen atoms in total. The summed E-state index contributed by atoms with van der Waals surface area (Å²) in [5, 5.41) is 29.7. The number of carbonyl (C=O) groups excluding carboxylic acids is 2. The Bertz CT molecular complexity index is 496. The summed E-state index contributed by atoms with van der Waals surface area (Å²) >= 11 is 0. The molecular formula is C31H62NaO5P. The van der Waals surface area contributed by atoms with Crippen LogP contribution in [-0.4, -0.2) is 44.9 Å². The molecule has 0 saturated heterocycles. The van der Waals surface area contributed by atoms with Gasteiger partial charge in [0.15, 0.2) is 0 Å². The molecule has 0 saturated carbocycles. The van der Waals surface area contributed by atoms with Crippen molar-refractivity contribution in [3.63, 3.8) is 0 Å². The maximum Gasteiger partial charge on any atom is 1.00 e. The van der Waals surface area contributed by atoms with Crippen LogP contribution in [0.4, 0.5) is 0 Å². The van der Waals surface area contributed by atoms with Crippen molar-refractivity contribution >= 4 is 19.0 Å². The van der Waals surface area contributed by atoms with E-state index in [1.807, 2.05) is 0 Å². The summed E-state index contributed by atoms with van der Waals surface area (Å²) in [4.78, 5) is 25.8. The van der Waals surface area contributed by atoms with Crippen LogP contribution in [0.15, 0.2) is 0 Å². The van der Waals surface area contributed by atoms with Crippen molar-refractivity contribution in [1.29, 1.82) is 0 Å². The molecule has 0 spiro atoms. The molecule has 2 atom stereocenters. The Morgan fingerprint density at radius 3 is 1.05 bits per heavy atom. The Balaban J connectivity index is 0. The number of hydrogen-bond donors (Lipinski definition) is 3. The van der Waals surface area contributed by atoms with Gasteiger partial charge < -0.3 is 0 Å². The Hall–Kier alpha value is 0.650. The monoisotopic (exact) mass is 568 g/mol. The fourth-order valence-electron chi connectivity index (χ4n) is 4.95. The van der Waals surface area contributed by atoms with E-state index >= 15 is 0 Å². The van der Waals surface area contributed by atoms with Crippen molar-refractivity contribution in [1.82, 2.24) is 0 Å². The van der Waals surface area contributed by atoms with Gasteiger partial charge in [0.1, 0.15) is 0 Å². The predicted octanol–water partition coefficient (Wildman–Crippen LogP) is 5.33. The molecule has 0 radical (unpaired) electrons. The van der Waals surface area contributed by atoms with E-state index in [9.17, 15) is 24.9 Å². The number of hydrogen-bond acceptors (Lipinski definition) is 5. The average molecular weight is 569 g/mol. The van der Waals surface area contributed by atoms with Crippen LogP contribution in [-0.2, 0) is 9.59 Å². The number of carbonyl (C=O) groups is 2. The average Bonchev–Trinajstić information content (AvgIpc) is 2.89. The van der Waals surface area contributed by atoms with E-state index in [-0.39, 0.29) is 40.6 Å². The largest absolute Gasteiger partial charge is 1.00 e. The summed E-state index contributed by atoms with van der Waals surface area (Å²) < 4.78 is 0. The molecule has 0 fully saturated rings. The van der Waals surface area contributed by atoms with Crippen LogP contribution < -0.4 is 29.6 Å². The molecule has 7 heteroatoms. The summed E-state index contributed by atoms with van der Waals surface area (Å²) in [7, 11) is -2.44. The molecule has 3 N–H and O–H groups in total. The zero-order chi connectivity index (χ0) is 27.6. The van der Waals surface area contributed by atoms with Crippen molar-refractivity contribution in [2.45, 2.75) is 180 Å². The second kappa shape index (κ2) is 30.6. The fraction of sp³-hybridized carbons (Fsp3) is 0.935. The van der Waals surface area contributed by atoms with Gasteiger partial charge in [-0.2, -0.15) is 0 Å². The van der Waals surface area contributed by atoms with Crippen molar-refractivity contribution in [3.05, 3.63) is 0 Å². The summed E-state index contributed by atoms with van der Waals surface area (Å²) in [6, 6.07) is 0. The number of aliphatic hydroxyl groups is 3. The summed E-state index contributed by atoms with van der Waals surface area (Å²) in [5.74, 6) is -1.42. The van der Waals surface area contributed by atoms with E-state index in [2.05, 4.69) is 13.8 Å². The Morgan fingerprint density at radius 1 is 0.526 bits per heavy atom. The minimum atomic E-state index is -2.44. The number of rotatable bonds is 29. The molecule has 222 valence electrons. The first kappa shape index (κ1) is 40.8. The van der Waals surface area contributed by atoms with Crippen LogP contribution >= 0.6 is 7.92 Å². The van der Waals surface area contributed by atoms with Crippen LogP contribution in [0.5, 0.6) is 0 Å². The Kier molecular flexibility index (Phi) is 32.9. The maximum absolute atomic E-state index is 12.9. The molecule has 0 rings (SSSR count). The van der Waals surface area contributed by atoms with Crippen LogP contribution in [0, 0.1) is 0 Å². The fourth-order valence-corrected chi connectivity index (χ4v) is 7.30. The molecular weight excluding hydrogens is 506 g/mol. The topological polar surface area (TPSA) is 94.8 Å². The first-order valence-electron chi connectivity index (χ1n) is 15.9. The van der Waals surface area contributed by atoms with Crippen LogP contribution in [0.2, 0.25) is 0 Å². The third-order valence-electron chi connectivity index (χ3n) is 7.46. The molecule has 0 aliphatic carbocycles. The second-order valence-corrected chi connectivity index (χ2v) is 13.6. The first-order valence-corrected chi connectivity index (χ1v) is 17.5. The van der Waals surface area contributed by atoms with E-state index in [0.29, 0.717) is 12.8 Å². The minimum absolute atomic E-state index is 0. The Morgan fingerprint density at radius 2 is 0.789 bits per heavy atom. The minimum Gasteiger partial charge on any atom is 1.00 e. The molecule has 38 heavy (non-hydrogen) atoms. The molecule has 0 aliphatic rings. The third kappa shape index (κ3) is 23.4. The van der Waals surface area contributed by atoms with Gasteiger partial charge in [-0.1, -0.05) is 26.7 Å². The number of aliphatic hydroxyl groups excluding tert-OH is 3. The van der Waals surface area contributed by atoms with Gasteiger partial charge in [-0.25, -0.2) is 0 Å². The summed E-state index contributed by atoms with van der Waals surface area (Å²) in [6.45, 7) is 3.84. The molecule has 0 aliphatic heterocycles. The van der Waals surface area contributed by atoms with Crippen molar-refractivity contribution in [2.75, 3.05) is 6.61 Å².